The molecule has 2 bridgehead atoms. The van der Waals surface area contributed by atoms with Crippen LogP contribution in [-0.4, -0.2) is 23.6 Å². The van der Waals surface area contributed by atoms with Crippen molar-refractivity contribution in [3.63, 3.8) is 0 Å². The molecule has 44 heavy (non-hydrogen) atoms. The highest BCUT2D eigenvalue weighted by atomic mass is 35.5. The highest BCUT2D eigenvalue weighted by molar-refractivity contribution is 6.33. The maximum absolute atomic E-state index is 14.4. The van der Waals surface area contributed by atoms with Crippen LogP contribution in [0.2, 0.25) is 10.0 Å². The Morgan fingerprint density at radius 1 is 0.614 bits per heavy atom. The van der Waals surface area contributed by atoms with Gasteiger partial charge in [0.15, 0.2) is 0 Å². The van der Waals surface area contributed by atoms with Crippen molar-refractivity contribution in [1.29, 1.82) is 0 Å². The Hall–Kier alpha value is -4.00. The number of benzene rings is 3. The predicted octanol–water partition coefficient (Wildman–Crippen LogP) is 6.81. The van der Waals surface area contributed by atoms with Crippen molar-refractivity contribution in [2.24, 2.45) is 41.4 Å². The standard InChI is InChI=1S/C36H28Cl2N2O4/c1-17-24(37)10-6-12-26(17)39-33(41)23-16-22(19-8-4-3-5-9-19)28-20-14-15-21(29(28)32(23)36(39)44)31-30(20)34(42)40(35(31)43)27-13-7-11-25(38)18(27)2/h3-15,20-21,23,29-32H,16H2,1-2H3/t20-,21-,23-,29-,30-,31+,32-/m1/s1. The summed E-state index contributed by atoms with van der Waals surface area (Å²) in [6.45, 7) is 3.62. The van der Waals surface area contributed by atoms with Gasteiger partial charge in [-0.1, -0.05) is 83.4 Å². The first-order valence-corrected chi connectivity index (χ1v) is 15.7. The van der Waals surface area contributed by atoms with Gasteiger partial charge in [0.25, 0.3) is 0 Å². The lowest BCUT2D eigenvalue weighted by atomic mass is 9.49. The molecule has 7 atom stereocenters. The molecular formula is C36H28Cl2N2O4. The second-order valence-electron chi connectivity index (χ2n) is 12.5. The van der Waals surface area contributed by atoms with Crippen molar-refractivity contribution in [2.75, 3.05) is 9.80 Å². The molecule has 3 aromatic carbocycles. The number of anilines is 2. The highest BCUT2D eigenvalue weighted by Gasteiger charge is 2.67. The largest absolute Gasteiger partial charge is 0.274 e. The molecule has 3 aromatic rings. The Morgan fingerprint density at radius 3 is 1.82 bits per heavy atom. The second-order valence-corrected chi connectivity index (χ2v) is 13.3. The number of carbonyl (C=O) groups is 4. The summed E-state index contributed by atoms with van der Waals surface area (Å²) in [5.74, 6) is -4.65. The molecule has 9 rings (SSSR count). The topological polar surface area (TPSA) is 74.8 Å². The highest BCUT2D eigenvalue weighted by Crippen LogP contribution is 2.63. The van der Waals surface area contributed by atoms with Gasteiger partial charge >= 0.3 is 0 Å². The van der Waals surface area contributed by atoms with E-state index in [1.165, 1.54) is 9.80 Å². The van der Waals surface area contributed by atoms with Crippen molar-refractivity contribution < 1.29 is 19.2 Å². The number of nitrogens with zero attached hydrogens (tertiary/aromatic N) is 2. The molecule has 0 N–H and O–H groups in total. The van der Waals surface area contributed by atoms with Crippen molar-refractivity contribution in [1.82, 2.24) is 0 Å². The average molecular weight is 624 g/mol. The Labute approximate surface area is 264 Å². The number of carbonyl (C=O) groups excluding carboxylic acids is 4. The van der Waals surface area contributed by atoms with Gasteiger partial charge in [0.1, 0.15) is 0 Å². The summed E-state index contributed by atoms with van der Waals surface area (Å²) in [5, 5.41) is 0.965. The van der Waals surface area contributed by atoms with Crippen LogP contribution in [0.3, 0.4) is 0 Å². The Kier molecular flexibility index (Phi) is 6.10. The minimum atomic E-state index is -0.647. The summed E-state index contributed by atoms with van der Waals surface area (Å²) in [4.78, 5) is 59.8. The molecule has 8 heteroatoms. The SMILES string of the molecule is Cc1c(Cl)cccc1N1C(=O)[C@H]2[C@@H]3C=C[C@H](C4=C(c5ccccc5)C[C@H]5C(=O)N(c6cccc(Cl)c6C)C(=O)[C@H]5[C@@H]43)[C@H]2C1=O. The molecule has 4 amide bonds. The molecule has 4 aliphatic carbocycles. The molecule has 6 nitrogen and oxygen atoms in total. The van der Waals surface area contributed by atoms with E-state index >= 15 is 0 Å². The summed E-state index contributed by atoms with van der Waals surface area (Å²) in [7, 11) is 0. The van der Waals surface area contributed by atoms with Gasteiger partial charge in [0, 0.05) is 21.9 Å². The molecule has 3 fully saturated rings. The van der Waals surface area contributed by atoms with Gasteiger partial charge in [-0.15, -0.1) is 0 Å². The normalized spacial score (nSPS) is 30.3. The Balaban J connectivity index is 1.30. The van der Waals surface area contributed by atoms with E-state index in [2.05, 4.69) is 6.08 Å². The van der Waals surface area contributed by atoms with Crippen LogP contribution in [0.1, 0.15) is 23.1 Å². The van der Waals surface area contributed by atoms with E-state index in [4.69, 9.17) is 23.2 Å². The first kappa shape index (κ1) is 27.5. The third kappa shape index (κ3) is 3.55. The zero-order valence-corrected chi connectivity index (χ0v) is 25.5. The molecule has 2 heterocycles. The number of imide groups is 2. The van der Waals surface area contributed by atoms with E-state index in [0.29, 0.717) is 39.0 Å². The first-order valence-electron chi connectivity index (χ1n) is 14.9. The van der Waals surface area contributed by atoms with Gasteiger partial charge in [-0.3, -0.25) is 19.2 Å². The van der Waals surface area contributed by atoms with Gasteiger partial charge in [-0.2, -0.15) is 0 Å². The fraction of sp³-hybridized carbons (Fsp3) is 0.278. The molecule has 0 unspecified atom stereocenters. The van der Waals surface area contributed by atoms with Crippen LogP contribution < -0.4 is 9.80 Å². The molecule has 0 spiro atoms. The van der Waals surface area contributed by atoms with Crippen LogP contribution >= 0.6 is 23.2 Å². The summed E-state index contributed by atoms with van der Waals surface area (Å²) in [5.41, 5.74) is 5.31. The van der Waals surface area contributed by atoms with Crippen LogP contribution in [0.4, 0.5) is 11.4 Å². The van der Waals surface area contributed by atoms with Gasteiger partial charge in [0.05, 0.1) is 35.0 Å². The van der Waals surface area contributed by atoms with Crippen LogP contribution in [0.5, 0.6) is 0 Å². The minimum absolute atomic E-state index is 0.241. The van der Waals surface area contributed by atoms with Gasteiger partial charge in [-0.25, -0.2) is 9.80 Å². The summed E-state index contributed by atoms with van der Waals surface area (Å²) in [6.07, 6.45) is 4.46. The molecule has 0 aromatic heterocycles. The van der Waals surface area contributed by atoms with Crippen molar-refractivity contribution in [3.05, 3.63) is 111 Å². The molecule has 2 saturated heterocycles. The number of amides is 4. The van der Waals surface area contributed by atoms with Gasteiger partial charge in [-0.05, 0) is 72.7 Å². The lowest BCUT2D eigenvalue weighted by molar-refractivity contribution is -0.129. The second kappa shape index (κ2) is 9.75. The maximum atomic E-state index is 14.4. The van der Waals surface area contributed by atoms with Crippen molar-refractivity contribution in [2.45, 2.75) is 20.3 Å². The molecule has 6 aliphatic rings. The molecule has 220 valence electrons. The number of halogens is 2. The van der Waals surface area contributed by atoms with Crippen LogP contribution in [0.25, 0.3) is 5.57 Å². The monoisotopic (exact) mass is 622 g/mol. The predicted molar refractivity (Wildman–Crippen MR) is 169 cm³/mol. The zero-order chi connectivity index (χ0) is 30.6. The summed E-state index contributed by atoms with van der Waals surface area (Å²) < 4.78 is 0. The Bertz CT molecular complexity index is 1880. The Morgan fingerprint density at radius 2 is 1.18 bits per heavy atom. The number of allylic oxidation sites excluding steroid dienone is 4. The van der Waals surface area contributed by atoms with E-state index in [0.717, 1.165) is 16.7 Å². The quantitative estimate of drug-likeness (QED) is 0.237. The molecule has 2 aliphatic heterocycles. The van der Waals surface area contributed by atoms with E-state index in [9.17, 15) is 19.2 Å². The minimum Gasteiger partial charge on any atom is -0.274 e. The van der Waals surface area contributed by atoms with Gasteiger partial charge < -0.3 is 0 Å². The van der Waals surface area contributed by atoms with E-state index < -0.39 is 35.5 Å². The zero-order valence-electron chi connectivity index (χ0n) is 24.0. The maximum Gasteiger partial charge on any atom is 0.238 e. The van der Waals surface area contributed by atoms with Crippen molar-refractivity contribution >= 4 is 63.8 Å². The number of hydrogen-bond donors (Lipinski definition) is 0. The third-order valence-electron chi connectivity index (χ3n) is 10.6. The lowest BCUT2D eigenvalue weighted by Crippen LogP contribution is -2.51. The van der Waals surface area contributed by atoms with E-state index in [-0.39, 0.29) is 29.5 Å². The molecule has 0 radical (unpaired) electrons. The first-order chi connectivity index (χ1) is 21.2. The van der Waals surface area contributed by atoms with Crippen LogP contribution in [0, 0.1) is 55.3 Å². The summed E-state index contributed by atoms with van der Waals surface area (Å²) in [6, 6.07) is 20.4. The summed E-state index contributed by atoms with van der Waals surface area (Å²) >= 11 is 12.9. The van der Waals surface area contributed by atoms with Crippen LogP contribution in [-0.2, 0) is 19.2 Å². The smallest absolute Gasteiger partial charge is 0.238 e. The number of rotatable bonds is 3. The van der Waals surface area contributed by atoms with Crippen molar-refractivity contribution in [3.8, 4) is 0 Å². The average Bonchev–Trinajstić information content (AvgIpc) is 3.45. The molecular weight excluding hydrogens is 595 g/mol. The fourth-order valence-electron chi connectivity index (χ4n) is 8.67. The van der Waals surface area contributed by atoms with E-state index in [1.807, 2.05) is 50.3 Å². The van der Waals surface area contributed by atoms with E-state index in [1.54, 1.807) is 36.4 Å². The molecule has 1 saturated carbocycles. The number of fused-ring (bicyclic) bond motifs is 1. The van der Waals surface area contributed by atoms with Crippen LogP contribution in [0.15, 0.2) is 84.5 Å². The fourth-order valence-corrected chi connectivity index (χ4v) is 9.01. The lowest BCUT2D eigenvalue weighted by Gasteiger charge is -2.51. The van der Waals surface area contributed by atoms with Gasteiger partial charge in [0.2, 0.25) is 23.6 Å². The number of hydrogen-bond acceptors (Lipinski definition) is 4. The third-order valence-corrected chi connectivity index (χ3v) is 11.4.